The second-order valence-corrected chi connectivity index (χ2v) is 6.04. The van der Waals surface area contributed by atoms with Crippen molar-refractivity contribution < 1.29 is 4.79 Å². The first-order valence-corrected chi connectivity index (χ1v) is 8.42. The number of nitrogens with zero attached hydrogens (tertiary/aromatic N) is 5. The average molecular weight is 330 g/mol. The summed E-state index contributed by atoms with van der Waals surface area (Å²) in [5.74, 6) is 0.420. The van der Waals surface area contributed by atoms with E-state index in [1.54, 1.807) is 16.8 Å². The number of tetrazole rings is 1. The third kappa shape index (κ3) is 4.38. The molecule has 130 valence electrons. The van der Waals surface area contributed by atoms with Crippen LogP contribution in [0.15, 0.2) is 30.6 Å². The van der Waals surface area contributed by atoms with Crippen LogP contribution >= 0.6 is 0 Å². The Morgan fingerprint density at radius 3 is 2.38 bits per heavy atom. The Morgan fingerprint density at radius 2 is 1.88 bits per heavy atom. The summed E-state index contributed by atoms with van der Waals surface area (Å²) in [7, 11) is 0. The summed E-state index contributed by atoms with van der Waals surface area (Å²) < 4.78 is 1.55. The quantitative estimate of drug-likeness (QED) is 0.798. The molecule has 1 amide bonds. The predicted octanol–water partition coefficient (Wildman–Crippen LogP) is 1.76. The number of carbonyl (C=O) groups is 1. The summed E-state index contributed by atoms with van der Waals surface area (Å²) in [5.41, 5.74) is 1.45. The van der Waals surface area contributed by atoms with E-state index in [-0.39, 0.29) is 5.91 Å². The Kier molecular flexibility index (Phi) is 6.43. The molecule has 1 atom stereocenters. The second-order valence-electron chi connectivity index (χ2n) is 6.04. The molecule has 2 rings (SSSR count). The fourth-order valence-corrected chi connectivity index (χ4v) is 2.82. The Morgan fingerprint density at radius 1 is 1.21 bits per heavy atom. The summed E-state index contributed by atoms with van der Waals surface area (Å²) in [4.78, 5) is 14.8. The standard InChI is InChI=1S/C17H26N6O/c1-5-22(6-2)16(13(3)4)11-18-17(24)14-7-9-15(10-8-14)23-12-19-20-21-23/h7-10,12-13,16H,5-6,11H2,1-4H3,(H,18,24)/t16-/m1/s1. The van der Waals surface area contributed by atoms with E-state index in [0.717, 1.165) is 18.8 Å². The first-order valence-electron chi connectivity index (χ1n) is 8.42. The Bertz CT molecular complexity index is 619. The largest absolute Gasteiger partial charge is 0.350 e. The van der Waals surface area contributed by atoms with Gasteiger partial charge in [-0.15, -0.1) is 5.10 Å². The molecule has 1 N–H and O–H groups in total. The highest BCUT2D eigenvalue weighted by molar-refractivity contribution is 5.94. The number of benzene rings is 1. The minimum Gasteiger partial charge on any atom is -0.350 e. The molecule has 0 aliphatic heterocycles. The zero-order valence-corrected chi connectivity index (χ0v) is 14.8. The van der Waals surface area contributed by atoms with Crippen LogP contribution in [0.3, 0.4) is 0 Å². The topological polar surface area (TPSA) is 75.9 Å². The monoisotopic (exact) mass is 330 g/mol. The van der Waals surface area contributed by atoms with Gasteiger partial charge in [0.05, 0.1) is 5.69 Å². The van der Waals surface area contributed by atoms with Crippen molar-refractivity contribution in [2.45, 2.75) is 33.7 Å². The molecule has 0 radical (unpaired) electrons. The molecule has 1 heterocycles. The molecule has 7 nitrogen and oxygen atoms in total. The van der Waals surface area contributed by atoms with Crippen LogP contribution in [0.5, 0.6) is 0 Å². The molecule has 0 unspecified atom stereocenters. The molecule has 7 heteroatoms. The van der Waals surface area contributed by atoms with Gasteiger partial charge in [-0.05, 0) is 53.7 Å². The van der Waals surface area contributed by atoms with Crippen LogP contribution in [-0.4, -0.2) is 56.7 Å². The van der Waals surface area contributed by atoms with Gasteiger partial charge in [-0.2, -0.15) is 0 Å². The predicted molar refractivity (Wildman–Crippen MR) is 93.0 cm³/mol. The van der Waals surface area contributed by atoms with Gasteiger partial charge in [0.1, 0.15) is 6.33 Å². The molecule has 0 saturated carbocycles. The number of hydrogen-bond donors (Lipinski definition) is 1. The Hall–Kier alpha value is -2.28. The summed E-state index contributed by atoms with van der Waals surface area (Å²) in [5, 5.41) is 14.1. The molecule has 0 bridgehead atoms. The molecule has 24 heavy (non-hydrogen) atoms. The van der Waals surface area contributed by atoms with Gasteiger partial charge in [-0.3, -0.25) is 9.69 Å². The van der Waals surface area contributed by atoms with Gasteiger partial charge in [-0.1, -0.05) is 27.7 Å². The summed E-state index contributed by atoms with van der Waals surface area (Å²) in [6, 6.07) is 7.57. The first kappa shape index (κ1) is 18.1. The molecule has 0 saturated heterocycles. The summed E-state index contributed by atoms with van der Waals surface area (Å²) >= 11 is 0. The maximum absolute atomic E-state index is 12.4. The van der Waals surface area contributed by atoms with Crippen molar-refractivity contribution >= 4 is 5.91 Å². The number of carbonyl (C=O) groups excluding carboxylic acids is 1. The van der Waals surface area contributed by atoms with Crippen molar-refractivity contribution in [2.75, 3.05) is 19.6 Å². The molecule has 0 aliphatic carbocycles. The zero-order chi connectivity index (χ0) is 17.5. The third-order valence-corrected chi connectivity index (χ3v) is 4.27. The van der Waals surface area contributed by atoms with Gasteiger partial charge < -0.3 is 5.32 Å². The number of hydrogen-bond acceptors (Lipinski definition) is 5. The Balaban J connectivity index is 1.98. The maximum Gasteiger partial charge on any atom is 0.251 e. The third-order valence-electron chi connectivity index (χ3n) is 4.27. The minimum atomic E-state index is -0.0592. The number of amides is 1. The zero-order valence-electron chi connectivity index (χ0n) is 14.8. The van der Waals surface area contributed by atoms with Crippen LogP contribution < -0.4 is 5.32 Å². The molecule has 1 aromatic heterocycles. The molecule has 1 aromatic carbocycles. The summed E-state index contributed by atoms with van der Waals surface area (Å²) in [6.07, 6.45) is 1.52. The molecule has 2 aromatic rings. The highest BCUT2D eigenvalue weighted by Gasteiger charge is 2.20. The van der Waals surface area contributed by atoms with Crippen molar-refractivity contribution in [2.24, 2.45) is 5.92 Å². The molecular formula is C17H26N6O. The maximum atomic E-state index is 12.4. The van der Waals surface area contributed by atoms with Crippen molar-refractivity contribution in [3.63, 3.8) is 0 Å². The van der Waals surface area contributed by atoms with E-state index in [0.29, 0.717) is 24.1 Å². The van der Waals surface area contributed by atoms with Gasteiger partial charge in [0, 0.05) is 18.2 Å². The lowest BCUT2D eigenvalue weighted by Crippen LogP contribution is -2.46. The van der Waals surface area contributed by atoms with Crippen LogP contribution in [-0.2, 0) is 0 Å². The minimum absolute atomic E-state index is 0.0592. The fourth-order valence-electron chi connectivity index (χ4n) is 2.82. The number of nitrogens with one attached hydrogen (secondary N) is 1. The van der Waals surface area contributed by atoms with Crippen LogP contribution in [0.2, 0.25) is 0 Å². The van der Waals surface area contributed by atoms with Crippen LogP contribution in [0, 0.1) is 5.92 Å². The van der Waals surface area contributed by atoms with Crippen LogP contribution in [0.1, 0.15) is 38.1 Å². The van der Waals surface area contributed by atoms with Crippen LogP contribution in [0.25, 0.3) is 5.69 Å². The number of rotatable bonds is 8. The summed E-state index contributed by atoms with van der Waals surface area (Å²) in [6.45, 7) is 11.3. The van der Waals surface area contributed by atoms with E-state index in [1.165, 1.54) is 6.33 Å². The SMILES string of the molecule is CCN(CC)[C@H](CNC(=O)c1ccc(-n2cnnn2)cc1)C(C)C. The van der Waals surface area contributed by atoms with Gasteiger partial charge >= 0.3 is 0 Å². The van der Waals surface area contributed by atoms with Crippen molar-refractivity contribution in [1.82, 2.24) is 30.4 Å². The first-order chi connectivity index (χ1) is 11.6. The fraction of sp³-hybridized carbons (Fsp3) is 0.529. The van der Waals surface area contributed by atoms with Gasteiger partial charge in [-0.25, -0.2) is 4.68 Å². The number of likely N-dealkylation sites (N-methyl/N-ethyl adjacent to an activating group) is 1. The van der Waals surface area contributed by atoms with Gasteiger partial charge in [0.25, 0.3) is 5.91 Å². The van der Waals surface area contributed by atoms with Gasteiger partial charge in [0.15, 0.2) is 0 Å². The van der Waals surface area contributed by atoms with Gasteiger partial charge in [0.2, 0.25) is 0 Å². The smallest absolute Gasteiger partial charge is 0.251 e. The molecule has 0 spiro atoms. The van der Waals surface area contributed by atoms with Crippen LogP contribution in [0.4, 0.5) is 0 Å². The second kappa shape index (κ2) is 8.54. The lowest BCUT2D eigenvalue weighted by molar-refractivity contribution is 0.0921. The Labute approximate surface area is 143 Å². The lowest BCUT2D eigenvalue weighted by atomic mass is 10.0. The molecule has 0 fully saturated rings. The van der Waals surface area contributed by atoms with E-state index in [1.807, 2.05) is 12.1 Å². The average Bonchev–Trinajstić information content (AvgIpc) is 3.12. The molecular weight excluding hydrogens is 304 g/mol. The van der Waals surface area contributed by atoms with Crippen molar-refractivity contribution in [3.05, 3.63) is 36.2 Å². The van der Waals surface area contributed by atoms with Crippen molar-refractivity contribution in [1.29, 1.82) is 0 Å². The highest BCUT2D eigenvalue weighted by atomic mass is 16.1. The van der Waals surface area contributed by atoms with E-state index in [2.05, 4.69) is 53.4 Å². The molecule has 0 aliphatic rings. The highest BCUT2D eigenvalue weighted by Crippen LogP contribution is 2.11. The number of aromatic nitrogens is 4. The van der Waals surface area contributed by atoms with E-state index >= 15 is 0 Å². The lowest BCUT2D eigenvalue weighted by Gasteiger charge is -2.32. The normalized spacial score (nSPS) is 12.6. The van der Waals surface area contributed by atoms with E-state index in [9.17, 15) is 4.79 Å². The van der Waals surface area contributed by atoms with E-state index in [4.69, 9.17) is 0 Å². The van der Waals surface area contributed by atoms with E-state index < -0.39 is 0 Å². The van der Waals surface area contributed by atoms with Crippen molar-refractivity contribution in [3.8, 4) is 5.69 Å².